The number of nitrogens with zero attached hydrogens (tertiary/aromatic N) is 6. The second-order valence-electron chi connectivity index (χ2n) is 8.77. The first kappa shape index (κ1) is 23.3. The van der Waals surface area contributed by atoms with Crippen LogP contribution in [0.1, 0.15) is 15.2 Å². The van der Waals surface area contributed by atoms with Gasteiger partial charge in [-0.1, -0.05) is 12.1 Å². The molecule has 6 rings (SSSR count). The van der Waals surface area contributed by atoms with Gasteiger partial charge in [0.05, 0.1) is 47.4 Å². The van der Waals surface area contributed by atoms with Crippen LogP contribution in [0.3, 0.4) is 0 Å². The molecule has 5 aromatic rings. The van der Waals surface area contributed by atoms with Gasteiger partial charge in [0.25, 0.3) is 5.91 Å². The predicted octanol–water partition coefficient (Wildman–Crippen LogP) is 3.22. The number of ether oxygens (including phenoxy) is 1. The minimum absolute atomic E-state index is 0.183. The van der Waals surface area contributed by atoms with Crippen LogP contribution in [-0.4, -0.2) is 69.6 Å². The van der Waals surface area contributed by atoms with Crippen molar-refractivity contribution in [2.45, 2.75) is 6.54 Å². The fourth-order valence-electron chi connectivity index (χ4n) is 4.49. The van der Waals surface area contributed by atoms with Crippen molar-refractivity contribution < 1.29 is 14.7 Å². The molecule has 0 bridgehead atoms. The molecule has 1 saturated heterocycles. The quantitative estimate of drug-likeness (QED) is 0.230. The summed E-state index contributed by atoms with van der Waals surface area (Å²) < 4.78 is 6.72. The molecule has 37 heavy (non-hydrogen) atoms. The Morgan fingerprint density at radius 3 is 2.81 bits per heavy atom. The molecule has 0 aliphatic carbocycles. The molecule has 0 saturated carbocycles. The van der Waals surface area contributed by atoms with Crippen LogP contribution in [0.5, 0.6) is 0 Å². The standard InChI is InChI=1S/C25H24N8O3S/c1-32(25-26-11-16(12-27-25)24(34)31-35)14-17-9-15-10-21(18-3-2-4-20-19(18)13-28-30-20)29-23(22(15)37-17)33-5-7-36-8-6-33/h2-4,9-13,35H,5-8,14H2,1H3,(H,28,30)(H,31,34). The van der Waals surface area contributed by atoms with Crippen LogP contribution in [0.25, 0.3) is 32.2 Å². The number of amides is 1. The van der Waals surface area contributed by atoms with E-state index in [4.69, 9.17) is 14.9 Å². The van der Waals surface area contributed by atoms with Crippen molar-refractivity contribution in [2.24, 2.45) is 0 Å². The molecule has 1 fully saturated rings. The molecule has 1 aromatic carbocycles. The van der Waals surface area contributed by atoms with E-state index in [9.17, 15) is 4.79 Å². The summed E-state index contributed by atoms with van der Waals surface area (Å²) in [6, 6.07) is 10.4. The highest BCUT2D eigenvalue weighted by atomic mass is 32.1. The third kappa shape index (κ3) is 4.46. The number of nitrogens with one attached hydrogen (secondary N) is 2. The fraction of sp³-hybridized carbons (Fsp3) is 0.240. The van der Waals surface area contributed by atoms with Gasteiger partial charge in [0.15, 0.2) is 0 Å². The SMILES string of the molecule is CN(Cc1cc2cc(-c3cccc4[nH]ncc34)nc(N3CCOCC3)c2s1)c1ncc(C(=O)NO)cn1. The third-order valence-corrected chi connectivity index (χ3v) is 7.47. The van der Waals surface area contributed by atoms with Crippen molar-refractivity contribution >= 4 is 50.0 Å². The van der Waals surface area contributed by atoms with Gasteiger partial charge in [-0.05, 0) is 23.6 Å². The van der Waals surface area contributed by atoms with Crippen molar-refractivity contribution in [3.8, 4) is 11.3 Å². The summed E-state index contributed by atoms with van der Waals surface area (Å²) >= 11 is 1.70. The van der Waals surface area contributed by atoms with Gasteiger partial charge in [-0.25, -0.2) is 20.4 Å². The molecule has 1 aliphatic heterocycles. The van der Waals surface area contributed by atoms with Crippen molar-refractivity contribution in [1.82, 2.24) is 30.6 Å². The number of carbonyl (C=O) groups excluding carboxylic acids is 1. The average molecular weight is 517 g/mol. The Labute approximate surface area is 215 Å². The number of rotatable bonds is 6. The molecule has 0 radical (unpaired) electrons. The summed E-state index contributed by atoms with van der Waals surface area (Å²) in [4.78, 5) is 30.6. The minimum Gasteiger partial charge on any atom is -0.378 e. The molecule has 0 spiro atoms. The molecule has 0 unspecified atom stereocenters. The van der Waals surface area contributed by atoms with Gasteiger partial charge in [0.1, 0.15) is 5.82 Å². The van der Waals surface area contributed by atoms with E-state index in [2.05, 4.69) is 43.3 Å². The second kappa shape index (κ2) is 9.73. The first-order valence-corrected chi connectivity index (χ1v) is 12.6. The zero-order valence-corrected chi connectivity index (χ0v) is 20.8. The minimum atomic E-state index is -0.649. The summed E-state index contributed by atoms with van der Waals surface area (Å²) in [5.74, 6) is 0.792. The number of morpholine rings is 1. The third-order valence-electron chi connectivity index (χ3n) is 6.34. The number of H-pyrrole nitrogens is 1. The van der Waals surface area contributed by atoms with Gasteiger partial charge >= 0.3 is 0 Å². The highest BCUT2D eigenvalue weighted by Crippen LogP contribution is 2.38. The Morgan fingerprint density at radius 1 is 1.22 bits per heavy atom. The molecule has 11 nitrogen and oxygen atoms in total. The highest BCUT2D eigenvalue weighted by Gasteiger charge is 2.21. The van der Waals surface area contributed by atoms with Crippen LogP contribution in [-0.2, 0) is 11.3 Å². The van der Waals surface area contributed by atoms with E-state index in [0.29, 0.717) is 25.7 Å². The van der Waals surface area contributed by atoms with E-state index in [0.717, 1.165) is 56.0 Å². The number of aromatic amines is 1. The number of carbonyl (C=O) groups is 1. The van der Waals surface area contributed by atoms with Crippen LogP contribution in [0.15, 0.2) is 48.9 Å². The maximum atomic E-state index is 11.6. The predicted molar refractivity (Wildman–Crippen MR) is 141 cm³/mol. The Morgan fingerprint density at radius 2 is 2.03 bits per heavy atom. The molecule has 188 valence electrons. The molecule has 3 N–H and O–H groups in total. The Balaban J connectivity index is 1.37. The van der Waals surface area contributed by atoms with Crippen molar-refractivity contribution in [3.63, 3.8) is 0 Å². The van der Waals surface area contributed by atoms with Gasteiger partial charge in [0, 0.05) is 48.4 Å². The molecule has 0 atom stereocenters. The van der Waals surface area contributed by atoms with Crippen molar-refractivity contribution in [2.75, 3.05) is 43.2 Å². The Bertz CT molecular complexity index is 1580. The molecular weight excluding hydrogens is 492 g/mol. The molecule has 1 aliphatic rings. The lowest BCUT2D eigenvalue weighted by Gasteiger charge is -2.28. The maximum absolute atomic E-state index is 11.6. The number of hydrogen-bond donors (Lipinski definition) is 3. The van der Waals surface area contributed by atoms with Gasteiger partial charge in [-0.15, -0.1) is 11.3 Å². The fourth-order valence-corrected chi connectivity index (χ4v) is 5.69. The van der Waals surface area contributed by atoms with E-state index < -0.39 is 5.91 Å². The first-order valence-electron chi connectivity index (χ1n) is 11.8. The molecule has 5 heterocycles. The molecule has 1 amide bonds. The topological polar surface area (TPSA) is 132 Å². The van der Waals surface area contributed by atoms with Crippen LogP contribution < -0.4 is 15.3 Å². The average Bonchev–Trinajstić information content (AvgIpc) is 3.59. The highest BCUT2D eigenvalue weighted by molar-refractivity contribution is 7.19. The van der Waals surface area contributed by atoms with Gasteiger partial charge in [0.2, 0.25) is 5.95 Å². The van der Waals surface area contributed by atoms with Gasteiger partial charge in [-0.2, -0.15) is 5.10 Å². The van der Waals surface area contributed by atoms with E-state index in [1.54, 1.807) is 16.8 Å². The number of thiophene rings is 1. The summed E-state index contributed by atoms with van der Waals surface area (Å²) in [5, 5.41) is 18.2. The number of benzene rings is 1. The second-order valence-corrected chi connectivity index (χ2v) is 9.90. The van der Waals surface area contributed by atoms with Crippen LogP contribution in [0.2, 0.25) is 0 Å². The number of aromatic nitrogens is 5. The zero-order chi connectivity index (χ0) is 25.4. The summed E-state index contributed by atoms with van der Waals surface area (Å²) in [6.45, 7) is 3.51. The van der Waals surface area contributed by atoms with Gasteiger partial charge < -0.3 is 14.5 Å². The molecule has 12 heteroatoms. The smallest absolute Gasteiger partial charge is 0.277 e. The van der Waals surface area contributed by atoms with E-state index in [1.807, 2.05) is 30.3 Å². The van der Waals surface area contributed by atoms with E-state index >= 15 is 0 Å². The summed E-state index contributed by atoms with van der Waals surface area (Å²) in [6.07, 6.45) is 4.62. The lowest BCUT2D eigenvalue weighted by atomic mass is 10.1. The van der Waals surface area contributed by atoms with Crippen LogP contribution in [0, 0.1) is 0 Å². The van der Waals surface area contributed by atoms with Crippen molar-refractivity contribution in [3.05, 3.63) is 59.4 Å². The number of fused-ring (bicyclic) bond motifs is 2. The lowest BCUT2D eigenvalue weighted by molar-refractivity contribution is 0.0705. The van der Waals surface area contributed by atoms with Crippen LogP contribution in [0.4, 0.5) is 11.8 Å². The van der Waals surface area contributed by atoms with Crippen LogP contribution >= 0.6 is 11.3 Å². The normalized spacial score (nSPS) is 13.8. The van der Waals surface area contributed by atoms with Gasteiger partial charge in [-0.3, -0.25) is 15.1 Å². The largest absolute Gasteiger partial charge is 0.378 e. The number of hydrogen-bond acceptors (Lipinski definition) is 10. The summed E-state index contributed by atoms with van der Waals surface area (Å²) in [5.41, 5.74) is 4.68. The first-order chi connectivity index (χ1) is 18.1. The van der Waals surface area contributed by atoms with E-state index in [1.165, 1.54) is 12.4 Å². The number of anilines is 2. The monoisotopic (exact) mass is 516 g/mol. The number of hydroxylamine groups is 1. The summed E-state index contributed by atoms with van der Waals surface area (Å²) in [7, 11) is 1.90. The van der Waals surface area contributed by atoms with E-state index in [-0.39, 0.29) is 5.56 Å². The molecule has 4 aromatic heterocycles. The maximum Gasteiger partial charge on any atom is 0.277 e. The van der Waals surface area contributed by atoms with Crippen molar-refractivity contribution in [1.29, 1.82) is 0 Å². The number of pyridine rings is 1. The Kier molecular flexibility index (Phi) is 6.12. The Hall–Kier alpha value is -4.13. The zero-order valence-electron chi connectivity index (χ0n) is 20.0. The lowest BCUT2D eigenvalue weighted by Crippen LogP contribution is -2.36. The molecular formula is C25H24N8O3S.